The predicted molar refractivity (Wildman–Crippen MR) is 114 cm³/mol. The predicted octanol–water partition coefficient (Wildman–Crippen LogP) is 1.34. The molecule has 1 aliphatic heterocycles. The minimum absolute atomic E-state index is 0.0874. The minimum atomic E-state index is -3.86. The van der Waals surface area contributed by atoms with Crippen LogP contribution < -0.4 is 19.9 Å². The van der Waals surface area contributed by atoms with E-state index >= 15 is 0 Å². The number of ether oxygens (including phenoxy) is 2. The van der Waals surface area contributed by atoms with Crippen LogP contribution in [-0.2, 0) is 10.0 Å². The molecule has 0 atom stereocenters. The van der Waals surface area contributed by atoms with Gasteiger partial charge in [0.1, 0.15) is 0 Å². The van der Waals surface area contributed by atoms with Gasteiger partial charge in [0.2, 0.25) is 10.0 Å². The van der Waals surface area contributed by atoms with Gasteiger partial charge in [0.25, 0.3) is 5.91 Å². The maximum atomic E-state index is 12.8. The van der Waals surface area contributed by atoms with Crippen molar-refractivity contribution in [2.75, 3.05) is 45.7 Å². The van der Waals surface area contributed by atoms with Gasteiger partial charge in [0.15, 0.2) is 11.5 Å². The van der Waals surface area contributed by atoms with Crippen molar-refractivity contribution in [1.82, 2.24) is 9.80 Å². The Bertz CT molecular complexity index is 1080. The molecule has 11 heteroatoms. The van der Waals surface area contributed by atoms with Gasteiger partial charge in [-0.3, -0.25) is 4.79 Å². The summed E-state index contributed by atoms with van der Waals surface area (Å²) in [5.41, 5.74) is 0.788. The molecule has 0 spiro atoms. The summed E-state index contributed by atoms with van der Waals surface area (Å²) in [4.78, 5) is 28.5. The zero-order valence-electron chi connectivity index (χ0n) is 17.2. The maximum Gasteiger partial charge on any atom is 0.321 e. The summed E-state index contributed by atoms with van der Waals surface area (Å²) < 4.78 is 33.4. The Morgan fingerprint density at radius 3 is 2.19 bits per heavy atom. The zero-order valence-corrected chi connectivity index (χ0v) is 18.0. The number of urea groups is 1. The fourth-order valence-corrected chi connectivity index (χ4v) is 3.78. The van der Waals surface area contributed by atoms with E-state index in [9.17, 15) is 18.0 Å². The zero-order chi connectivity index (χ0) is 22.6. The highest BCUT2D eigenvalue weighted by Gasteiger charge is 2.25. The molecule has 3 amide bonds. The smallest absolute Gasteiger partial charge is 0.321 e. The van der Waals surface area contributed by atoms with Crippen molar-refractivity contribution in [3.8, 4) is 11.5 Å². The summed E-state index contributed by atoms with van der Waals surface area (Å²) in [5.74, 6) is 0.835. The maximum absolute atomic E-state index is 12.8. The lowest BCUT2D eigenvalue weighted by molar-refractivity contribution is 0.0671. The number of hydrogen-bond acceptors (Lipinski definition) is 6. The van der Waals surface area contributed by atoms with Gasteiger partial charge in [-0.25, -0.2) is 18.4 Å². The van der Waals surface area contributed by atoms with Gasteiger partial charge in [-0.1, -0.05) is 6.07 Å². The van der Waals surface area contributed by atoms with Crippen molar-refractivity contribution in [2.45, 2.75) is 4.90 Å². The van der Waals surface area contributed by atoms with E-state index in [1.54, 1.807) is 34.1 Å². The molecule has 31 heavy (non-hydrogen) atoms. The first-order valence-electron chi connectivity index (χ1n) is 9.43. The quantitative estimate of drug-likeness (QED) is 0.710. The van der Waals surface area contributed by atoms with Crippen LogP contribution in [0.4, 0.5) is 10.5 Å². The van der Waals surface area contributed by atoms with Gasteiger partial charge in [0.05, 0.1) is 19.1 Å². The lowest BCUT2D eigenvalue weighted by atomic mass is 10.1. The summed E-state index contributed by atoms with van der Waals surface area (Å²) >= 11 is 0. The summed E-state index contributed by atoms with van der Waals surface area (Å²) in [5, 5.41) is 7.78. The molecule has 0 aliphatic carbocycles. The largest absolute Gasteiger partial charge is 0.493 e. The van der Waals surface area contributed by atoms with Crippen LogP contribution in [0.1, 0.15) is 10.4 Å². The average Bonchev–Trinajstić information content (AvgIpc) is 2.77. The molecule has 1 saturated heterocycles. The number of nitrogens with two attached hydrogens (primary N) is 1. The third-order valence-electron chi connectivity index (χ3n) is 4.90. The SMILES string of the molecule is COc1ccc(C(=O)N2CCN(C(=O)Nc3cccc(S(N)(=O)=O)c3)CC2)cc1OC. The number of primary sulfonamides is 1. The highest BCUT2D eigenvalue weighted by Crippen LogP contribution is 2.28. The van der Waals surface area contributed by atoms with Gasteiger partial charge < -0.3 is 24.6 Å². The van der Waals surface area contributed by atoms with E-state index in [1.807, 2.05) is 0 Å². The molecule has 2 aromatic rings. The van der Waals surface area contributed by atoms with E-state index in [0.717, 1.165) is 0 Å². The fourth-order valence-electron chi connectivity index (χ4n) is 3.22. The number of nitrogens with zero attached hydrogens (tertiary/aromatic N) is 2. The second-order valence-corrected chi connectivity index (χ2v) is 8.41. The lowest BCUT2D eigenvalue weighted by Crippen LogP contribution is -2.51. The third kappa shape index (κ3) is 5.25. The molecule has 10 nitrogen and oxygen atoms in total. The monoisotopic (exact) mass is 448 g/mol. The Kier molecular flexibility index (Phi) is 6.66. The van der Waals surface area contributed by atoms with Crippen molar-refractivity contribution < 1.29 is 27.5 Å². The number of methoxy groups -OCH3 is 2. The topological polar surface area (TPSA) is 131 Å². The van der Waals surface area contributed by atoms with Crippen LogP contribution in [0.15, 0.2) is 47.4 Å². The van der Waals surface area contributed by atoms with E-state index in [0.29, 0.717) is 48.9 Å². The highest BCUT2D eigenvalue weighted by molar-refractivity contribution is 7.89. The van der Waals surface area contributed by atoms with E-state index in [1.165, 1.54) is 32.4 Å². The number of amides is 3. The second kappa shape index (κ2) is 9.23. The standard InChI is InChI=1S/C20H24N4O6S/c1-29-17-7-6-14(12-18(17)30-2)19(25)23-8-10-24(11-9-23)20(26)22-15-4-3-5-16(13-15)31(21,27)28/h3-7,12-13H,8-11H2,1-2H3,(H,22,26)(H2,21,27,28). The number of anilines is 1. The number of carbonyl (C=O) groups excluding carboxylic acids is 2. The summed E-state index contributed by atoms with van der Waals surface area (Å²) in [6.45, 7) is 1.38. The number of sulfonamides is 1. The summed E-state index contributed by atoms with van der Waals surface area (Å²) in [7, 11) is -0.840. The van der Waals surface area contributed by atoms with Crippen molar-refractivity contribution in [2.24, 2.45) is 5.14 Å². The Morgan fingerprint density at radius 2 is 1.58 bits per heavy atom. The Morgan fingerprint density at radius 1 is 0.935 bits per heavy atom. The van der Waals surface area contributed by atoms with E-state index in [4.69, 9.17) is 14.6 Å². The molecule has 1 heterocycles. The molecular weight excluding hydrogens is 424 g/mol. The van der Waals surface area contributed by atoms with Crippen molar-refractivity contribution in [3.05, 3.63) is 48.0 Å². The molecule has 1 fully saturated rings. The number of benzene rings is 2. The van der Waals surface area contributed by atoms with Crippen LogP contribution in [-0.4, -0.2) is 70.6 Å². The first-order chi connectivity index (χ1) is 14.7. The van der Waals surface area contributed by atoms with Crippen LogP contribution in [0.25, 0.3) is 0 Å². The third-order valence-corrected chi connectivity index (χ3v) is 5.81. The molecule has 1 aliphatic rings. The van der Waals surface area contributed by atoms with Crippen molar-refractivity contribution >= 4 is 27.6 Å². The molecule has 0 bridgehead atoms. The molecule has 0 unspecified atom stereocenters. The number of rotatable bonds is 5. The van der Waals surface area contributed by atoms with Gasteiger partial charge in [-0.05, 0) is 36.4 Å². The van der Waals surface area contributed by atoms with Crippen LogP contribution in [0.3, 0.4) is 0 Å². The number of carbonyl (C=O) groups is 2. The lowest BCUT2D eigenvalue weighted by Gasteiger charge is -2.34. The molecule has 3 N–H and O–H groups in total. The van der Waals surface area contributed by atoms with Crippen molar-refractivity contribution in [3.63, 3.8) is 0 Å². The minimum Gasteiger partial charge on any atom is -0.493 e. The highest BCUT2D eigenvalue weighted by atomic mass is 32.2. The molecule has 2 aromatic carbocycles. The van der Waals surface area contributed by atoms with Crippen LogP contribution in [0.5, 0.6) is 11.5 Å². The second-order valence-electron chi connectivity index (χ2n) is 6.85. The van der Waals surface area contributed by atoms with Crippen LogP contribution >= 0.6 is 0 Å². The van der Waals surface area contributed by atoms with E-state index in [-0.39, 0.29) is 16.8 Å². The van der Waals surface area contributed by atoms with Crippen LogP contribution in [0.2, 0.25) is 0 Å². The van der Waals surface area contributed by atoms with Gasteiger partial charge in [-0.15, -0.1) is 0 Å². The normalized spacial score (nSPS) is 14.2. The molecule has 3 rings (SSSR count). The fraction of sp³-hybridized carbons (Fsp3) is 0.300. The first-order valence-corrected chi connectivity index (χ1v) is 11.0. The van der Waals surface area contributed by atoms with Crippen LogP contribution in [0, 0.1) is 0 Å². The first kappa shape index (κ1) is 22.4. The summed E-state index contributed by atoms with van der Waals surface area (Å²) in [6.07, 6.45) is 0. The number of nitrogens with one attached hydrogen (secondary N) is 1. The molecular formula is C20H24N4O6S. The number of piperazine rings is 1. The average molecular weight is 449 g/mol. The van der Waals surface area contributed by atoms with Crippen molar-refractivity contribution in [1.29, 1.82) is 0 Å². The van der Waals surface area contributed by atoms with Gasteiger partial charge in [-0.2, -0.15) is 0 Å². The molecule has 0 radical (unpaired) electrons. The summed E-state index contributed by atoms with van der Waals surface area (Å²) in [6, 6.07) is 10.3. The Hall–Kier alpha value is -3.31. The molecule has 0 aromatic heterocycles. The van der Waals surface area contributed by atoms with E-state index < -0.39 is 10.0 Å². The Balaban J connectivity index is 1.60. The molecule has 0 saturated carbocycles. The molecule has 166 valence electrons. The number of hydrogen-bond donors (Lipinski definition) is 2. The van der Waals surface area contributed by atoms with Gasteiger partial charge >= 0.3 is 6.03 Å². The Labute approximate surface area is 180 Å². The van der Waals surface area contributed by atoms with Gasteiger partial charge in [0, 0.05) is 37.4 Å². The van der Waals surface area contributed by atoms with E-state index in [2.05, 4.69) is 5.32 Å².